The highest BCUT2D eigenvalue weighted by atomic mass is 19.4. The largest absolute Gasteiger partial charge is 0.497 e. The Balaban J connectivity index is 2.04. The number of amides is 2. The van der Waals surface area contributed by atoms with Crippen molar-refractivity contribution in [3.63, 3.8) is 0 Å². The van der Waals surface area contributed by atoms with Gasteiger partial charge in [-0.05, 0) is 23.8 Å². The summed E-state index contributed by atoms with van der Waals surface area (Å²) in [5.74, 6) is -0.145. The van der Waals surface area contributed by atoms with Crippen molar-refractivity contribution in [3.05, 3.63) is 53.3 Å². The van der Waals surface area contributed by atoms with E-state index in [1.54, 1.807) is 6.07 Å². The minimum atomic E-state index is -4.67. The highest BCUT2D eigenvalue weighted by molar-refractivity contribution is 5.89. The molecule has 0 unspecified atom stereocenters. The fourth-order valence-electron chi connectivity index (χ4n) is 2.15. The Bertz CT molecular complexity index is 772. The van der Waals surface area contributed by atoms with Crippen molar-refractivity contribution in [1.29, 1.82) is 0 Å². The molecule has 9 heteroatoms. The normalized spacial score (nSPS) is 11.0. The number of rotatable bonds is 5. The van der Waals surface area contributed by atoms with Gasteiger partial charge in [0.05, 0.1) is 19.8 Å². The maximum Gasteiger partial charge on any atom is 0.416 e. The van der Waals surface area contributed by atoms with E-state index in [-0.39, 0.29) is 12.1 Å². The molecule has 0 aliphatic carbocycles. The van der Waals surface area contributed by atoms with Gasteiger partial charge in [0.15, 0.2) is 0 Å². The van der Waals surface area contributed by atoms with Crippen LogP contribution < -0.4 is 20.1 Å². The van der Waals surface area contributed by atoms with Crippen LogP contribution in [0, 0.1) is 5.82 Å². The summed E-state index contributed by atoms with van der Waals surface area (Å²) in [5.41, 5.74) is -0.781. The van der Waals surface area contributed by atoms with E-state index in [0.29, 0.717) is 23.3 Å². The van der Waals surface area contributed by atoms with Gasteiger partial charge in [-0.15, -0.1) is 0 Å². The number of hydrogen-bond acceptors (Lipinski definition) is 3. The number of hydrogen-bond donors (Lipinski definition) is 2. The maximum atomic E-state index is 13.3. The molecule has 140 valence electrons. The van der Waals surface area contributed by atoms with Gasteiger partial charge >= 0.3 is 12.2 Å². The molecule has 2 aromatic carbocycles. The summed E-state index contributed by atoms with van der Waals surface area (Å²) in [7, 11) is 2.89. The van der Waals surface area contributed by atoms with Crippen molar-refractivity contribution >= 4 is 11.7 Å². The molecular weight excluding hydrogens is 356 g/mol. The van der Waals surface area contributed by atoms with Crippen molar-refractivity contribution in [3.8, 4) is 11.5 Å². The first kappa shape index (κ1) is 19.4. The zero-order chi connectivity index (χ0) is 19.3. The highest BCUT2D eigenvalue weighted by Gasteiger charge is 2.31. The third kappa shape index (κ3) is 5.27. The Morgan fingerprint density at radius 1 is 1.00 bits per heavy atom. The molecule has 0 heterocycles. The second-order valence-electron chi connectivity index (χ2n) is 5.25. The van der Waals surface area contributed by atoms with Crippen molar-refractivity contribution in [2.75, 3.05) is 19.5 Å². The Morgan fingerprint density at radius 3 is 2.15 bits per heavy atom. The highest BCUT2D eigenvalue weighted by Crippen LogP contribution is 2.30. The predicted octanol–water partition coefficient (Wildman–Crippen LogP) is 4.18. The molecule has 0 spiro atoms. The summed E-state index contributed by atoms with van der Waals surface area (Å²) in [5, 5.41) is 4.86. The molecule has 0 aromatic heterocycles. The molecule has 0 fully saturated rings. The first-order valence-electron chi connectivity index (χ1n) is 7.36. The molecule has 2 N–H and O–H groups in total. The number of urea groups is 1. The number of anilines is 1. The Kier molecular flexibility index (Phi) is 5.91. The summed E-state index contributed by atoms with van der Waals surface area (Å²) in [4.78, 5) is 11.9. The van der Waals surface area contributed by atoms with Gasteiger partial charge in [-0.1, -0.05) is 0 Å². The van der Waals surface area contributed by atoms with Crippen LogP contribution in [0.1, 0.15) is 11.1 Å². The predicted molar refractivity (Wildman–Crippen MR) is 86.8 cm³/mol. The topological polar surface area (TPSA) is 59.6 Å². The van der Waals surface area contributed by atoms with Crippen LogP contribution in [0.2, 0.25) is 0 Å². The van der Waals surface area contributed by atoms with E-state index in [4.69, 9.17) is 9.47 Å². The van der Waals surface area contributed by atoms with Crippen LogP contribution in [-0.4, -0.2) is 20.3 Å². The fraction of sp³-hybridized carbons (Fsp3) is 0.235. The van der Waals surface area contributed by atoms with Crippen molar-refractivity contribution < 1.29 is 31.8 Å². The lowest BCUT2D eigenvalue weighted by Crippen LogP contribution is -2.28. The molecular formula is C17H16F4N2O3. The molecule has 0 atom stereocenters. The van der Waals surface area contributed by atoms with E-state index in [0.717, 1.165) is 12.1 Å². The van der Waals surface area contributed by atoms with Crippen LogP contribution in [0.4, 0.5) is 28.0 Å². The summed E-state index contributed by atoms with van der Waals surface area (Å²) < 4.78 is 61.5. The van der Waals surface area contributed by atoms with Crippen molar-refractivity contribution in [2.45, 2.75) is 12.7 Å². The van der Waals surface area contributed by atoms with Crippen LogP contribution in [0.25, 0.3) is 0 Å². The number of halogens is 4. The summed E-state index contributed by atoms with van der Waals surface area (Å²) in [6.07, 6.45) is -4.67. The van der Waals surface area contributed by atoms with Crippen molar-refractivity contribution in [2.24, 2.45) is 0 Å². The number of nitrogens with one attached hydrogen (secondary N) is 2. The van der Waals surface area contributed by atoms with Crippen LogP contribution in [0.15, 0.2) is 36.4 Å². The molecule has 2 aromatic rings. The first-order valence-corrected chi connectivity index (χ1v) is 7.36. The molecule has 2 rings (SSSR count). The van der Waals surface area contributed by atoms with E-state index in [1.165, 1.54) is 26.4 Å². The zero-order valence-electron chi connectivity index (χ0n) is 13.9. The summed E-state index contributed by atoms with van der Waals surface area (Å²) in [6.45, 7) is -0.284. The minimum absolute atomic E-state index is 0.0179. The van der Waals surface area contributed by atoms with Crippen LogP contribution in [0.3, 0.4) is 0 Å². The van der Waals surface area contributed by atoms with Gasteiger partial charge in [0, 0.05) is 30.4 Å². The fourth-order valence-corrected chi connectivity index (χ4v) is 2.15. The second-order valence-corrected chi connectivity index (χ2v) is 5.25. The van der Waals surface area contributed by atoms with Crippen LogP contribution >= 0.6 is 0 Å². The number of carbonyl (C=O) groups excluding carboxylic acids is 1. The number of carbonyl (C=O) groups is 1. The molecule has 0 bridgehead atoms. The van der Waals surface area contributed by atoms with Gasteiger partial charge in [0.25, 0.3) is 0 Å². The molecule has 5 nitrogen and oxygen atoms in total. The number of ether oxygens (including phenoxy) is 2. The standard InChI is InChI=1S/C17H16F4N2O3/c1-25-14-6-13(7-15(8-14)26-2)23-16(24)22-9-10-3-11(17(19,20)21)5-12(18)4-10/h3-8H,9H2,1-2H3,(H2,22,23,24). The quantitative estimate of drug-likeness (QED) is 0.774. The van der Waals surface area contributed by atoms with E-state index in [2.05, 4.69) is 10.6 Å². The van der Waals surface area contributed by atoms with Gasteiger partial charge in [-0.2, -0.15) is 13.2 Å². The third-order valence-electron chi connectivity index (χ3n) is 3.35. The molecule has 26 heavy (non-hydrogen) atoms. The van der Waals surface area contributed by atoms with E-state index < -0.39 is 23.6 Å². The van der Waals surface area contributed by atoms with Gasteiger partial charge < -0.3 is 20.1 Å². The molecule has 0 radical (unpaired) electrons. The van der Waals surface area contributed by atoms with Crippen LogP contribution in [-0.2, 0) is 12.7 Å². The molecule has 2 amide bonds. The van der Waals surface area contributed by atoms with Gasteiger partial charge in [-0.25, -0.2) is 9.18 Å². The lowest BCUT2D eigenvalue weighted by atomic mass is 10.1. The van der Waals surface area contributed by atoms with Gasteiger partial charge in [0.2, 0.25) is 0 Å². The number of alkyl halides is 3. The van der Waals surface area contributed by atoms with Gasteiger partial charge in [-0.3, -0.25) is 0 Å². The average molecular weight is 372 g/mol. The van der Waals surface area contributed by atoms with Gasteiger partial charge in [0.1, 0.15) is 17.3 Å². The average Bonchev–Trinajstić information content (AvgIpc) is 2.58. The minimum Gasteiger partial charge on any atom is -0.497 e. The third-order valence-corrected chi connectivity index (χ3v) is 3.35. The smallest absolute Gasteiger partial charge is 0.416 e. The van der Waals surface area contributed by atoms with E-state index in [1.807, 2.05) is 0 Å². The maximum absolute atomic E-state index is 13.3. The summed E-state index contributed by atoms with van der Waals surface area (Å²) in [6, 6.07) is 6.08. The second kappa shape index (κ2) is 7.94. The lowest BCUT2D eigenvalue weighted by molar-refractivity contribution is -0.137. The number of methoxy groups -OCH3 is 2. The molecule has 0 saturated carbocycles. The zero-order valence-corrected chi connectivity index (χ0v) is 13.9. The molecule has 0 saturated heterocycles. The monoisotopic (exact) mass is 372 g/mol. The SMILES string of the molecule is COc1cc(NC(=O)NCc2cc(F)cc(C(F)(F)F)c2)cc(OC)c1. The van der Waals surface area contributed by atoms with E-state index >= 15 is 0 Å². The Labute approximate surface area is 146 Å². The van der Waals surface area contributed by atoms with Crippen molar-refractivity contribution in [1.82, 2.24) is 5.32 Å². The van der Waals surface area contributed by atoms with E-state index in [9.17, 15) is 22.4 Å². The molecule has 0 aliphatic heterocycles. The Hall–Kier alpha value is -2.97. The first-order chi connectivity index (χ1) is 12.2. The molecule has 0 aliphatic rings. The number of benzene rings is 2. The lowest BCUT2D eigenvalue weighted by Gasteiger charge is -2.12. The van der Waals surface area contributed by atoms with Crippen LogP contribution in [0.5, 0.6) is 11.5 Å². The summed E-state index contributed by atoms with van der Waals surface area (Å²) >= 11 is 0. The Morgan fingerprint density at radius 2 is 1.62 bits per heavy atom.